The van der Waals surface area contributed by atoms with Crippen LogP contribution in [-0.2, 0) is 10.2 Å². The van der Waals surface area contributed by atoms with Crippen molar-refractivity contribution in [2.24, 2.45) is 0 Å². The lowest BCUT2D eigenvalue weighted by molar-refractivity contribution is -0.134. The third-order valence-electron chi connectivity index (χ3n) is 2.66. The third kappa shape index (κ3) is 2.99. The van der Waals surface area contributed by atoms with Crippen LogP contribution in [0.15, 0.2) is 12.1 Å². The Morgan fingerprint density at radius 2 is 1.94 bits per heavy atom. The average molecular weight is 236 g/mol. The van der Waals surface area contributed by atoms with Gasteiger partial charge in [0.1, 0.15) is 11.5 Å². The van der Waals surface area contributed by atoms with Gasteiger partial charge in [0.05, 0.1) is 0 Å². The number of rotatable bonds is 2. The molecular weight excluding hydrogens is 216 g/mol. The smallest absolute Gasteiger partial charge is 0.310 e. The van der Waals surface area contributed by atoms with Gasteiger partial charge in [-0.05, 0) is 30.0 Å². The minimum atomic E-state index is -0.263. The lowest BCUT2D eigenvalue weighted by Gasteiger charge is -2.25. The molecule has 0 saturated carbocycles. The molecule has 0 bridgehead atoms. The van der Waals surface area contributed by atoms with Gasteiger partial charge in [0, 0.05) is 12.0 Å². The molecule has 3 nitrogen and oxygen atoms in total. The van der Waals surface area contributed by atoms with Crippen LogP contribution in [0.3, 0.4) is 0 Å². The van der Waals surface area contributed by atoms with Gasteiger partial charge in [0.25, 0.3) is 0 Å². The average Bonchev–Trinajstić information content (AvgIpc) is 2.21. The van der Waals surface area contributed by atoms with E-state index in [1.54, 1.807) is 19.1 Å². The molecule has 0 aliphatic heterocycles. The highest BCUT2D eigenvalue weighted by Crippen LogP contribution is 2.38. The van der Waals surface area contributed by atoms with Gasteiger partial charge in [-0.2, -0.15) is 0 Å². The highest BCUT2D eigenvalue weighted by molar-refractivity contribution is 5.73. The SMILES string of the molecule is CCC(=O)Oc1ccc(O)c(C)c1C(C)(C)C. The van der Waals surface area contributed by atoms with Crippen LogP contribution in [0, 0.1) is 6.92 Å². The van der Waals surface area contributed by atoms with Gasteiger partial charge in [0.15, 0.2) is 0 Å². The zero-order valence-electron chi connectivity index (χ0n) is 11.1. The molecule has 1 N–H and O–H groups in total. The lowest BCUT2D eigenvalue weighted by atomic mass is 9.83. The molecule has 0 radical (unpaired) electrons. The van der Waals surface area contributed by atoms with E-state index in [0.717, 1.165) is 11.1 Å². The maximum atomic E-state index is 11.4. The summed E-state index contributed by atoms with van der Waals surface area (Å²) in [6, 6.07) is 3.21. The first-order valence-corrected chi connectivity index (χ1v) is 5.81. The number of phenolic OH excluding ortho intramolecular Hbond substituents is 1. The summed E-state index contributed by atoms with van der Waals surface area (Å²) in [5.74, 6) is 0.506. The van der Waals surface area contributed by atoms with E-state index in [-0.39, 0.29) is 17.1 Å². The predicted molar refractivity (Wildman–Crippen MR) is 67.5 cm³/mol. The zero-order chi connectivity index (χ0) is 13.2. The number of carbonyl (C=O) groups is 1. The molecule has 0 aromatic heterocycles. The molecular formula is C14H20O3. The number of hydrogen-bond acceptors (Lipinski definition) is 3. The van der Waals surface area contributed by atoms with E-state index in [2.05, 4.69) is 0 Å². The van der Waals surface area contributed by atoms with Crippen molar-refractivity contribution in [2.75, 3.05) is 0 Å². The van der Waals surface area contributed by atoms with E-state index in [9.17, 15) is 9.90 Å². The Bertz CT molecular complexity index is 428. The molecule has 17 heavy (non-hydrogen) atoms. The highest BCUT2D eigenvalue weighted by atomic mass is 16.5. The zero-order valence-corrected chi connectivity index (χ0v) is 11.1. The van der Waals surface area contributed by atoms with E-state index in [1.807, 2.05) is 27.7 Å². The maximum absolute atomic E-state index is 11.4. The van der Waals surface area contributed by atoms with Crippen molar-refractivity contribution in [3.8, 4) is 11.5 Å². The molecule has 3 heteroatoms. The van der Waals surface area contributed by atoms with Crippen molar-refractivity contribution in [3.63, 3.8) is 0 Å². The minimum Gasteiger partial charge on any atom is -0.508 e. The number of hydrogen-bond donors (Lipinski definition) is 1. The second-order valence-corrected chi connectivity index (χ2v) is 5.16. The van der Waals surface area contributed by atoms with E-state index in [4.69, 9.17) is 4.74 Å². The van der Waals surface area contributed by atoms with Gasteiger partial charge >= 0.3 is 5.97 Å². The number of benzene rings is 1. The van der Waals surface area contributed by atoms with Crippen LogP contribution in [0.25, 0.3) is 0 Å². The lowest BCUT2D eigenvalue weighted by Crippen LogP contribution is -2.17. The molecule has 0 amide bonds. The maximum Gasteiger partial charge on any atom is 0.310 e. The predicted octanol–water partition coefficient (Wildman–Crippen LogP) is 3.31. The Morgan fingerprint density at radius 3 is 2.41 bits per heavy atom. The van der Waals surface area contributed by atoms with E-state index in [0.29, 0.717) is 12.2 Å². The molecule has 1 rings (SSSR count). The fraction of sp³-hybridized carbons (Fsp3) is 0.500. The Hall–Kier alpha value is -1.51. The van der Waals surface area contributed by atoms with Crippen molar-refractivity contribution < 1.29 is 14.6 Å². The summed E-state index contributed by atoms with van der Waals surface area (Å²) < 4.78 is 5.31. The van der Waals surface area contributed by atoms with Crippen molar-refractivity contribution in [2.45, 2.75) is 46.5 Å². The number of esters is 1. The quantitative estimate of drug-likeness (QED) is 0.633. The van der Waals surface area contributed by atoms with Crippen LogP contribution in [0.1, 0.15) is 45.2 Å². The molecule has 0 unspecified atom stereocenters. The van der Waals surface area contributed by atoms with Crippen LogP contribution in [0.4, 0.5) is 0 Å². The van der Waals surface area contributed by atoms with E-state index >= 15 is 0 Å². The summed E-state index contributed by atoms with van der Waals surface area (Å²) in [7, 11) is 0. The molecule has 0 aliphatic rings. The topological polar surface area (TPSA) is 46.5 Å². The van der Waals surface area contributed by atoms with E-state index < -0.39 is 0 Å². The van der Waals surface area contributed by atoms with Crippen molar-refractivity contribution >= 4 is 5.97 Å². The van der Waals surface area contributed by atoms with Gasteiger partial charge in [-0.1, -0.05) is 27.7 Å². The molecule has 0 saturated heterocycles. The number of ether oxygens (including phenoxy) is 1. The fourth-order valence-electron chi connectivity index (χ4n) is 1.89. The molecule has 0 fully saturated rings. The second kappa shape index (κ2) is 4.78. The van der Waals surface area contributed by atoms with Crippen LogP contribution < -0.4 is 4.74 Å². The monoisotopic (exact) mass is 236 g/mol. The summed E-state index contributed by atoms with van der Waals surface area (Å²) in [5, 5.41) is 9.74. The van der Waals surface area contributed by atoms with Crippen molar-refractivity contribution in [3.05, 3.63) is 23.3 Å². The molecule has 94 valence electrons. The Morgan fingerprint density at radius 1 is 1.35 bits per heavy atom. The molecule has 0 heterocycles. The molecule has 1 aromatic rings. The summed E-state index contributed by atoms with van der Waals surface area (Å²) >= 11 is 0. The number of aromatic hydroxyl groups is 1. The highest BCUT2D eigenvalue weighted by Gasteiger charge is 2.24. The molecule has 0 atom stereocenters. The molecule has 0 aliphatic carbocycles. The largest absolute Gasteiger partial charge is 0.508 e. The third-order valence-corrected chi connectivity index (χ3v) is 2.66. The van der Waals surface area contributed by atoms with Crippen LogP contribution in [0.2, 0.25) is 0 Å². The van der Waals surface area contributed by atoms with Crippen LogP contribution >= 0.6 is 0 Å². The van der Waals surface area contributed by atoms with Gasteiger partial charge in [-0.3, -0.25) is 4.79 Å². The second-order valence-electron chi connectivity index (χ2n) is 5.16. The summed E-state index contributed by atoms with van der Waals surface area (Å²) in [6.07, 6.45) is 0.337. The van der Waals surface area contributed by atoms with Crippen LogP contribution in [-0.4, -0.2) is 11.1 Å². The molecule has 0 spiro atoms. The Balaban J connectivity index is 3.31. The summed E-state index contributed by atoms with van der Waals surface area (Å²) in [4.78, 5) is 11.4. The van der Waals surface area contributed by atoms with Gasteiger partial charge in [0.2, 0.25) is 0 Å². The van der Waals surface area contributed by atoms with Crippen molar-refractivity contribution in [1.29, 1.82) is 0 Å². The Labute approximate surface area is 102 Å². The first-order chi connectivity index (χ1) is 7.77. The first-order valence-electron chi connectivity index (χ1n) is 5.81. The fourth-order valence-corrected chi connectivity index (χ4v) is 1.89. The summed E-state index contributed by atoms with van der Waals surface area (Å²) in [6.45, 7) is 9.67. The molecule has 1 aromatic carbocycles. The van der Waals surface area contributed by atoms with Gasteiger partial charge in [-0.25, -0.2) is 0 Å². The number of phenols is 1. The minimum absolute atomic E-state index is 0.188. The first kappa shape index (κ1) is 13.6. The standard InChI is InChI=1S/C14H20O3/c1-6-12(16)17-11-8-7-10(15)9(2)13(11)14(3,4)5/h7-8,15H,6H2,1-5H3. The Kier molecular flexibility index (Phi) is 3.81. The van der Waals surface area contributed by atoms with Gasteiger partial charge < -0.3 is 9.84 Å². The van der Waals surface area contributed by atoms with Crippen LogP contribution in [0.5, 0.6) is 11.5 Å². The van der Waals surface area contributed by atoms with Crippen molar-refractivity contribution in [1.82, 2.24) is 0 Å². The number of carbonyl (C=O) groups excluding carboxylic acids is 1. The summed E-state index contributed by atoms with van der Waals surface area (Å²) in [5.41, 5.74) is 1.45. The normalized spacial score (nSPS) is 11.4. The van der Waals surface area contributed by atoms with Gasteiger partial charge in [-0.15, -0.1) is 0 Å². The van der Waals surface area contributed by atoms with E-state index in [1.165, 1.54) is 0 Å².